The van der Waals surface area contributed by atoms with Gasteiger partial charge in [0.05, 0.1) is 16.8 Å². The maximum atomic E-state index is 11.0. The second-order valence-electron chi connectivity index (χ2n) is 3.40. The lowest BCUT2D eigenvalue weighted by atomic mass is 10.3. The van der Waals surface area contributed by atoms with Gasteiger partial charge in [-0.2, -0.15) is 0 Å². The van der Waals surface area contributed by atoms with Crippen molar-refractivity contribution in [2.24, 2.45) is 0 Å². The van der Waals surface area contributed by atoms with Gasteiger partial charge in [0.15, 0.2) is 11.2 Å². The summed E-state index contributed by atoms with van der Waals surface area (Å²) in [6.07, 6.45) is 2.47. The summed E-state index contributed by atoms with van der Waals surface area (Å²) in [5.74, 6) is 0. The zero-order valence-electron chi connectivity index (χ0n) is 8.51. The summed E-state index contributed by atoms with van der Waals surface area (Å²) < 4.78 is 1.93. The molecule has 0 fully saturated rings. The molecule has 0 spiro atoms. The molecule has 3 nitrogen and oxygen atoms in total. The number of aldehydes is 1. The number of carbonyl (C=O) groups excluding carboxylic acids is 1. The first kappa shape index (κ1) is 9.74. The molecule has 0 saturated carbocycles. The number of fused-ring (bicyclic) bond motifs is 1. The quantitative estimate of drug-likeness (QED) is 0.652. The highest BCUT2D eigenvalue weighted by atomic mass is 32.1. The third kappa shape index (κ3) is 1.25. The minimum absolute atomic E-state index is 0.614. The van der Waals surface area contributed by atoms with Gasteiger partial charge in [-0.25, -0.2) is 4.98 Å². The number of hydrogen-bond acceptors (Lipinski definition) is 4. The van der Waals surface area contributed by atoms with Crippen molar-refractivity contribution in [1.29, 1.82) is 0 Å². The fourth-order valence-electron chi connectivity index (χ4n) is 1.77. The van der Waals surface area contributed by atoms with E-state index in [1.165, 1.54) is 9.75 Å². The van der Waals surface area contributed by atoms with Crippen LogP contribution in [0.3, 0.4) is 0 Å². The normalized spacial score (nSPS) is 11.1. The van der Waals surface area contributed by atoms with Gasteiger partial charge in [0.1, 0.15) is 5.69 Å². The van der Waals surface area contributed by atoms with Crippen LogP contribution in [-0.4, -0.2) is 15.7 Å². The molecule has 16 heavy (non-hydrogen) atoms. The molecule has 0 unspecified atom stereocenters. The second kappa shape index (κ2) is 3.54. The lowest BCUT2D eigenvalue weighted by Crippen LogP contribution is -1.91. The Morgan fingerprint density at radius 3 is 3.06 bits per heavy atom. The highest BCUT2D eigenvalue weighted by Gasteiger charge is 2.15. The summed E-state index contributed by atoms with van der Waals surface area (Å²) in [5.41, 5.74) is 1.71. The van der Waals surface area contributed by atoms with E-state index in [1.807, 2.05) is 15.8 Å². The van der Waals surface area contributed by atoms with Gasteiger partial charge in [0.2, 0.25) is 0 Å². The predicted octanol–water partition coefficient (Wildman–Crippen LogP) is 3.25. The molecule has 3 aromatic rings. The van der Waals surface area contributed by atoms with Gasteiger partial charge in [-0.3, -0.25) is 9.20 Å². The predicted molar refractivity (Wildman–Crippen MR) is 66.5 cm³/mol. The van der Waals surface area contributed by atoms with Crippen LogP contribution in [0.1, 0.15) is 15.4 Å². The van der Waals surface area contributed by atoms with E-state index in [2.05, 4.69) is 18.0 Å². The van der Waals surface area contributed by atoms with Crippen molar-refractivity contribution in [3.05, 3.63) is 34.3 Å². The van der Waals surface area contributed by atoms with Gasteiger partial charge < -0.3 is 0 Å². The highest BCUT2D eigenvalue weighted by molar-refractivity contribution is 7.18. The van der Waals surface area contributed by atoms with E-state index >= 15 is 0 Å². The molecule has 0 bridgehead atoms. The zero-order valence-corrected chi connectivity index (χ0v) is 10.1. The lowest BCUT2D eigenvalue weighted by Gasteiger charge is -1.98. The van der Waals surface area contributed by atoms with Crippen LogP contribution in [0.4, 0.5) is 0 Å². The third-order valence-corrected chi connectivity index (χ3v) is 4.28. The molecule has 0 N–H and O–H groups in total. The Hall–Kier alpha value is -1.46. The molecule has 3 aromatic heterocycles. The Bertz CT molecular complexity index is 649. The molecule has 80 valence electrons. The smallest absolute Gasteiger partial charge is 0.195 e. The van der Waals surface area contributed by atoms with Crippen LogP contribution < -0.4 is 0 Å². The summed E-state index contributed by atoms with van der Waals surface area (Å²) >= 11 is 3.29. The molecular formula is C11H8N2OS2. The number of rotatable bonds is 2. The molecule has 5 heteroatoms. The molecule has 0 radical (unpaired) electrons. The number of thiazole rings is 1. The third-order valence-electron chi connectivity index (χ3n) is 2.43. The van der Waals surface area contributed by atoms with E-state index in [4.69, 9.17) is 0 Å². The van der Waals surface area contributed by atoms with Gasteiger partial charge in [0.25, 0.3) is 0 Å². The number of nitrogens with zero attached hydrogens (tertiary/aromatic N) is 2. The Morgan fingerprint density at radius 1 is 1.50 bits per heavy atom. The molecule has 0 aliphatic carbocycles. The largest absolute Gasteiger partial charge is 0.296 e. The van der Waals surface area contributed by atoms with E-state index < -0.39 is 0 Å². The van der Waals surface area contributed by atoms with Gasteiger partial charge in [-0.15, -0.1) is 22.7 Å². The van der Waals surface area contributed by atoms with Crippen molar-refractivity contribution in [2.45, 2.75) is 6.92 Å². The van der Waals surface area contributed by atoms with E-state index in [0.29, 0.717) is 5.69 Å². The molecule has 0 aliphatic heterocycles. The average Bonchev–Trinajstić information content (AvgIpc) is 2.92. The van der Waals surface area contributed by atoms with Crippen molar-refractivity contribution in [1.82, 2.24) is 9.38 Å². The van der Waals surface area contributed by atoms with E-state index in [-0.39, 0.29) is 0 Å². The van der Waals surface area contributed by atoms with Crippen LogP contribution in [0.15, 0.2) is 23.7 Å². The van der Waals surface area contributed by atoms with E-state index in [9.17, 15) is 4.79 Å². The minimum Gasteiger partial charge on any atom is -0.296 e. The average molecular weight is 248 g/mol. The number of thiophene rings is 1. The number of aromatic nitrogens is 2. The van der Waals surface area contributed by atoms with Crippen LogP contribution in [0.2, 0.25) is 0 Å². The number of carbonyl (C=O) groups is 1. The van der Waals surface area contributed by atoms with Crippen LogP contribution in [0.5, 0.6) is 0 Å². The monoisotopic (exact) mass is 248 g/mol. The van der Waals surface area contributed by atoms with Crippen LogP contribution in [0, 0.1) is 6.92 Å². The Kier molecular flexibility index (Phi) is 2.15. The molecule has 0 aromatic carbocycles. The Morgan fingerprint density at radius 2 is 2.38 bits per heavy atom. The molecule has 0 saturated heterocycles. The van der Waals surface area contributed by atoms with Crippen LogP contribution >= 0.6 is 22.7 Å². The van der Waals surface area contributed by atoms with Crippen molar-refractivity contribution in [2.75, 3.05) is 0 Å². The van der Waals surface area contributed by atoms with Crippen LogP contribution in [0.25, 0.3) is 15.5 Å². The first-order valence-corrected chi connectivity index (χ1v) is 6.47. The van der Waals surface area contributed by atoms with Crippen LogP contribution in [-0.2, 0) is 0 Å². The SMILES string of the molecule is Cc1sc2ncc(C=O)n2c1-c1cccs1. The van der Waals surface area contributed by atoms with Gasteiger partial charge in [-0.1, -0.05) is 6.07 Å². The molecule has 3 heterocycles. The minimum atomic E-state index is 0.614. The number of aryl methyl sites for hydroxylation is 1. The molecule has 0 amide bonds. The summed E-state index contributed by atoms with van der Waals surface area (Å²) in [4.78, 5) is 18.4. The summed E-state index contributed by atoms with van der Waals surface area (Å²) in [5, 5.41) is 2.04. The Labute approximate surface area is 100.0 Å². The first-order chi connectivity index (χ1) is 7.81. The highest BCUT2D eigenvalue weighted by Crippen LogP contribution is 2.34. The van der Waals surface area contributed by atoms with Gasteiger partial charge in [-0.05, 0) is 18.4 Å². The standard InChI is InChI=1S/C11H8N2OS2/c1-7-10(9-3-2-4-15-9)13-8(6-14)5-12-11(13)16-7/h2-6H,1H3. The van der Waals surface area contributed by atoms with Crippen molar-refractivity contribution >= 4 is 33.9 Å². The van der Waals surface area contributed by atoms with E-state index in [1.54, 1.807) is 28.9 Å². The zero-order chi connectivity index (χ0) is 11.1. The van der Waals surface area contributed by atoms with Crippen molar-refractivity contribution in [3.8, 4) is 10.6 Å². The van der Waals surface area contributed by atoms with E-state index in [0.717, 1.165) is 16.9 Å². The lowest BCUT2D eigenvalue weighted by molar-refractivity contribution is 0.111. The number of hydrogen-bond donors (Lipinski definition) is 0. The van der Waals surface area contributed by atoms with Crippen molar-refractivity contribution in [3.63, 3.8) is 0 Å². The molecule has 0 atom stereocenters. The van der Waals surface area contributed by atoms with Gasteiger partial charge >= 0.3 is 0 Å². The molecular weight excluding hydrogens is 240 g/mol. The summed E-state index contributed by atoms with van der Waals surface area (Å²) in [6, 6.07) is 4.08. The first-order valence-electron chi connectivity index (χ1n) is 4.77. The van der Waals surface area contributed by atoms with Gasteiger partial charge in [0, 0.05) is 4.88 Å². The molecule has 3 rings (SSSR count). The maximum absolute atomic E-state index is 11.0. The second-order valence-corrected chi connectivity index (χ2v) is 5.53. The molecule has 0 aliphatic rings. The number of imidazole rings is 1. The summed E-state index contributed by atoms with van der Waals surface area (Å²) in [7, 11) is 0. The fourth-order valence-corrected chi connectivity index (χ4v) is 3.61. The van der Waals surface area contributed by atoms with Crippen molar-refractivity contribution < 1.29 is 4.79 Å². The maximum Gasteiger partial charge on any atom is 0.195 e. The topological polar surface area (TPSA) is 34.4 Å². The fraction of sp³-hybridized carbons (Fsp3) is 0.0909. The Balaban J connectivity index is 2.41. The summed E-state index contributed by atoms with van der Waals surface area (Å²) in [6.45, 7) is 2.06.